The second kappa shape index (κ2) is 16.1. The predicted molar refractivity (Wildman–Crippen MR) is 159 cm³/mol. The van der Waals surface area contributed by atoms with Crippen molar-refractivity contribution < 1.29 is 9.53 Å². The number of halogens is 3. The summed E-state index contributed by atoms with van der Waals surface area (Å²) in [5.41, 5.74) is 13.9. The Kier molecular flexibility index (Phi) is 14.4. The maximum Gasteiger partial charge on any atom is 0.328 e. The molecule has 0 heterocycles. The molecule has 0 aromatic heterocycles. The van der Waals surface area contributed by atoms with Crippen LogP contribution in [-0.4, -0.2) is 31.6 Å². The topological polar surface area (TPSA) is 90.4 Å². The van der Waals surface area contributed by atoms with Gasteiger partial charge in [-0.15, -0.1) is 37.2 Å². The SMILES string of the molecule is Cl.Cl.Cl.NCCCCCCN[C@@H](CCCN)C(=O)Oc1ccc2c(ccc3c4c(ccc32)C=CC4)c1. The standard InChI is InChI=1S/C28H35N3O2.3ClH/c29-16-3-1-2-4-18-31-27(9-6-17-30)28(32)33-22-12-15-24-21(19-22)11-14-25-23-8-5-7-20(23)10-13-26(24)25;;;/h5,7,10-15,19,27,31H,1-4,6,8-9,16-18,29-30H2;3*1H/t27-;;;/m0.../s1. The third-order valence-corrected chi connectivity index (χ3v) is 6.48. The van der Waals surface area contributed by atoms with E-state index in [1.807, 2.05) is 12.1 Å². The number of rotatable bonds is 12. The summed E-state index contributed by atoms with van der Waals surface area (Å²) >= 11 is 0. The number of hydrogen-bond donors (Lipinski definition) is 3. The van der Waals surface area contributed by atoms with Crippen LogP contribution >= 0.6 is 37.2 Å². The van der Waals surface area contributed by atoms with Crippen LogP contribution in [0.25, 0.3) is 27.6 Å². The van der Waals surface area contributed by atoms with E-state index in [4.69, 9.17) is 16.2 Å². The minimum Gasteiger partial charge on any atom is -0.425 e. The van der Waals surface area contributed by atoms with Crippen LogP contribution < -0.4 is 21.5 Å². The molecule has 3 aromatic rings. The molecule has 0 fully saturated rings. The van der Waals surface area contributed by atoms with Crippen LogP contribution in [0.3, 0.4) is 0 Å². The summed E-state index contributed by atoms with van der Waals surface area (Å²) in [6.07, 6.45) is 11.2. The zero-order valence-electron chi connectivity index (χ0n) is 20.5. The van der Waals surface area contributed by atoms with Gasteiger partial charge in [0.15, 0.2) is 0 Å². The second-order valence-corrected chi connectivity index (χ2v) is 8.85. The Morgan fingerprint density at radius 2 is 1.58 bits per heavy atom. The van der Waals surface area contributed by atoms with Gasteiger partial charge in [-0.05, 0) is 96.5 Å². The Hall–Kier alpha value is -1.86. The molecule has 0 amide bonds. The molecule has 198 valence electrons. The van der Waals surface area contributed by atoms with E-state index in [2.05, 4.69) is 47.8 Å². The first kappa shape index (κ1) is 32.2. The minimum atomic E-state index is -0.342. The van der Waals surface area contributed by atoms with Crippen molar-refractivity contribution in [2.45, 2.75) is 51.0 Å². The first-order chi connectivity index (χ1) is 16.2. The monoisotopic (exact) mass is 553 g/mol. The lowest BCUT2D eigenvalue weighted by atomic mass is 9.96. The van der Waals surface area contributed by atoms with Gasteiger partial charge in [0.1, 0.15) is 11.8 Å². The van der Waals surface area contributed by atoms with Crippen molar-refractivity contribution in [1.82, 2.24) is 5.32 Å². The summed E-state index contributed by atoms with van der Waals surface area (Å²) in [4.78, 5) is 12.9. The molecule has 0 saturated carbocycles. The maximum absolute atomic E-state index is 12.9. The average molecular weight is 555 g/mol. The van der Waals surface area contributed by atoms with Crippen LogP contribution in [0.1, 0.15) is 49.7 Å². The first-order valence-corrected chi connectivity index (χ1v) is 12.2. The summed E-state index contributed by atoms with van der Waals surface area (Å²) in [6, 6.07) is 14.3. The lowest BCUT2D eigenvalue weighted by molar-refractivity contribution is -0.137. The highest BCUT2D eigenvalue weighted by molar-refractivity contribution is 6.10. The Bertz CT molecular complexity index is 1150. The fraction of sp³-hybridized carbons (Fsp3) is 0.393. The van der Waals surface area contributed by atoms with Crippen molar-refractivity contribution >= 4 is 70.8 Å². The van der Waals surface area contributed by atoms with Gasteiger partial charge in [-0.25, -0.2) is 4.79 Å². The van der Waals surface area contributed by atoms with Gasteiger partial charge in [0, 0.05) is 0 Å². The van der Waals surface area contributed by atoms with Gasteiger partial charge in [0.2, 0.25) is 0 Å². The highest BCUT2D eigenvalue weighted by Gasteiger charge is 2.20. The van der Waals surface area contributed by atoms with Crippen molar-refractivity contribution in [3.63, 3.8) is 0 Å². The summed E-state index contributed by atoms with van der Waals surface area (Å²) in [7, 11) is 0. The van der Waals surface area contributed by atoms with E-state index < -0.39 is 0 Å². The first-order valence-electron chi connectivity index (χ1n) is 12.2. The van der Waals surface area contributed by atoms with Crippen LogP contribution in [0.15, 0.2) is 48.5 Å². The summed E-state index contributed by atoms with van der Waals surface area (Å²) in [6.45, 7) is 2.09. The van der Waals surface area contributed by atoms with Crippen LogP contribution in [0.2, 0.25) is 0 Å². The average Bonchev–Trinajstić information content (AvgIpc) is 3.32. The van der Waals surface area contributed by atoms with Crippen molar-refractivity contribution in [3.05, 3.63) is 59.7 Å². The molecule has 0 bridgehead atoms. The fourth-order valence-corrected chi connectivity index (χ4v) is 4.67. The summed E-state index contributed by atoms with van der Waals surface area (Å²) in [5.74, 6) is 0.339. The molecule has 0 radical (unpaired) electrons. The van der Waals surface area contributed by atoms with Gasteiger partial charge in [-0.1, -0.05) is 55.3 Å². The number of carbonyl (C=O) groups is 1. The quantitative estimate of drug-likeness (QED) is 0.111. The van der Waals surface area contributed by atoms with Crippen LogP contribution in [0, 0.1) is 0 Å². The molecule has 0 spiro atoms. The molecule has 5 N–H and O–H groups in total. The Morgan fingerprint density at radius 3 is 2.36 bits per heavy atom. The van der Waals surface area contributed by atoms with Crippen LogP contribution in [0.4, 0.5) is 0 Å². The van der Waals surface area contributed by atoms with Crippen molar-refractivity contribution in [3.8, 4) is 5.75 Å². The Balaban J connectivity index is 0.00000216. The van der Waals surface area contributed by atoms with Crippen molar-refractivity contribution in [2.75, 3.05) is 19.6 Å². The number of hydrogen-bond acceptors (Lipinski definition) is 5. The molecule has 36 heavy (non-hydrogen) atoms. The highest BCUT2D eigenvalue weighted by atomic mass is 35.5. The van der Waals surface area contributed by atoms with Crippen LogP contribution in [0.5, 0.6) is 5.75 Å². The molecule has 1 aliphatic carbocycles. The van der Waals surface area contributed by atoms with E-state index in [0.29, 0.717) is 18.7 Å². The molecule has 1 atom stereocenters. The van der Waals surface area contributed by atoms with Gasteiger partial charge >= 0.3 is 5.97 Å². The predicted octanol–water partition coefficient (Wildman–Crippen LogP) is 5.95. The number of allylic oxidation sites excluding steroid dienone is 1. The highest BCUT2D eigenvalue weighted by Crippen LogP contribution is 2.34. The molecular formula is C28H38Cl3N3O2. The molecule has 8 heteroatoms. The molecular weight excluding hydrogens is 517 g/mol. The van der Waals surface area contributed by atoms with Gasteiger partial charge < -0.3 is 21.5 Å². The smallest absolute Gasteiger partial charge is 0.328 e. The Labute approximate surface area is 232 Å². The number of carbonyl (C=O) groups excluding carboxylic acids is 1. The van der Waals surface area contributed by atoms with Gasteiger partial charge in [-0.2, -0.15) is 0 Å². The summed E-state index contributed by atoms with van der Waals surface area (Å²) in [5, 5.41) is 8.16. The van der Waals surface area contributed by atoms with E-state index in [0.717, 1.165) is 57.0 Å². The largest absolute Gasteiger partial charge is 0.425 e. The molecule has 1 aliphatic rings. The van der Waals surface area contributed by atoms with Gasteiger partial charge in [0.25, 0.3) is 0 Å². The number of fused-ring (bicyclic) bond motifs is 5. The molecule has 0 aliphatic heterocycles. The zero-order valence-corrected chi connectivity index (χ0v) is 23.0. The van der Waals surface area contributed by atoms with E-state index in [9.17, 15) is 4.79 Å². The fourth-order valence-electron chi connectivity index (χ4n) is 4.67. The third-order valence-electron chi connectivity index (χ3n) is 6.48. The van der Waals surface area contributed by atoms with Crippen LogP contribution in [-0.2, 0) is 11.2 Å². The second-order valence-electron chi connectivity index (χ2n) is 8.85. The zero-order chi connectivity index (χ0) is 23.0. The molecule has 0 saturated heterocycles. The Morgan fingerprint density at radius 1 is 0.861 bits per heavy atom. The van der Waals surface area contributed by atoms with Gasteiger partial charge in [-0.3, -0.25) is 0 Å². The maximum atomic E-state index is 12.9. The lowest BCUT2D eigenvalue weighted by Gasteiger charge is -2.18. The number of unbranched alkanes of at least 4 members (excludes halogenated alkanes) is 3. The number of ether oxygens (including phenoxy) is 1. The summed E-state index contributed by atoms with van der Waals surface area (Å²) < 4.78 is 5.79. The van der Waals surface area contributed by atoms with E-state index in [1.165, 1.54) is 27.3 Å². The van der Waals surface area contributed by atoms with Crippen molar-refractivity contribution in [1.29, 1.82) is 0 Å². The molecule has 4 rings (SSSR count). The number of nitrogens with one attached hydrogen (secondary N) is 1. The third kappa shape index (κ3) is 7.82. The number of esters is 1. The molecule has 3 aromatic carbocycles. The number of benzene rings is 3. The van der Waals surface area contributed by atoms with Crippen molar-refractivity contribution in [2.24, 2.45) is 11.5 Å². The molecule has 5 nitrogen and oxygen atoms in total. The lowest BCUT2D eigenvalue weighted by Crippen LogP contribution is -2.40. The van der Waals surface area contributed by atoms with E-state index in [1.54, 1.807) is 0 Å². The van der Waals surface area contributed by atoms with E-state index >= 15 is 0 Å². The number of nitrogens with two attached hydrogens (primary N) is 2. The minimum absolute atomic E-state index is 0. The van der Waals surface area contributed by atoms with E-state index in [-0.39, 0.29) is 49.2 Å². The molecule has 0 unspecified atom stereocenters. The van der Waals surface area contributed by atoms with Gasteiger partial charge in [0.05, 0.1) is 0 Å². The normalized spacial score (nSPS) is 12.4.